The fraction of sp³-hybridized carbons (Fsp3) is 0.286. The van der Waals surface area contributed by atoms with Crippen LogP contribution in [0.2, 0.25) is 0 Å². The van der Waals surface area contributed by atoms with Gasteiger partial charge in [-0.15, -0.1) is 0 Å². The van der Waals surface area contributed by atoms with Crippen molar-refractivity contribution < 1.29 is 18.3 Å². The highest BCUT2D eigenvalue weighted by Gasteiger charge is 2.28. The van der Waals surface area contributed by atoms with E-state index in [1.54, 1.807) is 18.2 Å². The molecule has 1 aromatic heterocycles. The molecule has 3 aromatic rings. The maximum Gasteiger partial charge on any atom is 0.335 e. The molecule has 0 spiro atoms. The number of carboxylic acid groups (broad SMARTS) is 1. The minimum atomic E-state index is -3.37. The molecule has 2 heterocycles. The molecule has 6 nitrogen and oxygen atoms in total. The molecular formula is C21H22N2O4S. The Bertz CT molecular complexity index is 1120. The lowest BCUT2D eigenvalue weighted by Crippen LogP contribution is -2.37. The average Bonchev–Trinajstić information content (AvgIpc) is 3.05. The highest BCUT2D eigenvalue weighted by molar-refractivity contribution is 7.89. The van der Waals surface area contributed by atoms with Crippen LogP contribution in [-0.2, 0) is 29.4 Å². The Hall–Kier alpha value is -2.64. The number of nitrogens with zero attached hydrogens (tertiary/aromatic N) is 1. The summed E-state index contributed by atoms with van der Waals surface area (Å²) in [4.78, 5) is 14.6. The molecule has 0 bridgehead atoms. The number of aromatic nitrogens is 1. The lowest BCUT2D eigenvalue weighted by Gasteiger charge is -2.26. The minimum absolute atomic E-state index is 0.111. The molecule has 0 radical (unpaired) electrons. The molecule has 4 rings (SSSR count). The van der Waals surface area contributed by atoms with Gasteiger partial charge in [-0.1, -0.05) is 30.3 Å². The molecule has 2 aromatic carbocycles. The van der Waals surface area contributed by atoms with Gasteiger partial charge in [-0.05, 0) is 42.2 Å². The van der Waals surface area contributed by atoms with Crippen molar-refractivity contribution in [2.24, 2.45) is 0 Å². The standard InChI is InChI=1S/C21H22N2O4S/c24-21(25)16-8-9-19-17(13-16)18-14-23(11-10-20(18)22-19)28(26,27)12-4-7-15-5-2-1-3-6-15/h1-3,5-6,8-9,13,22H,4,7,10-12,14H2,(H,24,25). The van der Waals surface area contributed by atoms with Gasteiger partial charge >= 0.3 is 5.97 Å². The topological polar surface area (TPSA) is 90.5 Å². The SMILES string of the molecule is O=C(O)c1ccc2[nH]c3c(c2c1)CN(S(=O)(=O)CCCc1ccccc1)CC3. The number of aryl methyl sites for hydroxylation is 1. The summed E-state index contributed by atoms with van der Waals surface area (Å²) in [5.41, 5.74) is 4.07. The van der Waals surface area contributed by atoms with Gasteiger partial charge in [0.15, 0.2) is 0 Å². The summed E-state index contributed by atoms with van der Waals surface area (Å²) in [5, 5.41) is 10.0. The molecule has 28 heavy (non-hydrogen) atoms. The van der Waals surface area contributed by atoms with Gasteiger partial charge in [-0.2, -0.15) is 4.31 Å². The smallest absolute Gasteiger partial charge is 0.335 e. The first-order chi connectivity index (χ1) is 13.4. The molecule has 0 saturated carbocycles. The number of fused-ring (bicyclic) bond motifs is 3. The van der Waals surface area contributed by atoms with E-state index in [-0.39, 0.29) is 17.9 Å². The monoisotopic (exact) mass is 398 g/mol. The maximum absolute atomic E-state index is 12.8. The van der Waals surface area contributed by atoms with Crippen molar-refractivity contribution in [3.05, 3.63) is 70.9 Å². The highest BCUT2D eigenvalue weighted by atomic mass is 32.2. The van der Waals surface area contributed by atoms with Crippen LogP contribution in [0.1, 0.15) is 33.6 Å². The molecular weight excluding hydrogens is 376 g/mol. The average molecular weight is 398 g/mol. The predicted molar refractivity (Wildman–Crippen MR) is 108 cm³/mol. The minimum Gasteiger partial charge on any atom is -0.478 e. The van der Waals surface area contributed by atoms with Crippen LogP contribution in [0.15, 0.2) is 48.5 Å². The molecule has 0 fully saturated rings. The van der Waals surface area contributed by atoms with Crippen molar-refractivity contribution in [1.82, 2.24) is 9.29 Å². The molecule has 0 aliphatic carbocycles. The summed E-state index contributed by atoms with van der Waals surface area (Å²) >= 11 is 0. The Morgan fingerprint density at radius 1 is 1.14 bits per heavy atom. The summed E-state index contributed by atoms with van der Waals surface area (Å²) in [7, 11) is -3.37. The number of hydrogen-bond acceptors (Lipinski definition) is 3. The fourth-order valence-electron chi connectivity index (χ4n) is 3.79. The number of carboxylic acids is 1. The summed E-state index contributed by atoms with van der Waals surface area (Å²) in [6.45, 7) is 0.728. The second-order valence-corrected chi connectivity index (χ2v) is 9.22. The predicted octanol–water partition coefficient (Wildman–Crippen LogP) is 3.19. The molecule has 1 aliphatic rings. The van der Waals surface area contributed by atoms with E-state index in [4.69, 9.17) is 0 Å². The number of rotatable bonds is 6. The molecule has 0 amide bonds. The molecule has 0 saturated heterocycles. The Morgan fingerprint density at radius 2 is 1.93 bits per heavy atom. The maximum atomic E-state index is 12.8. The lowest BCUT2D eigenvalue weighted by molar-refractivity contribution is 0.0697. The Morgan fingerprint density at radius 3 is 2.68 bits per heavy atom. The second-order valence-electron chi connectivity index (χ2n) is 7.14. The number of H-pyrrole nitrogens is 1. The number of aromatic carboxylic acids is 1. The van der Waals surface area contributed by atoms with Crippen molar-refractivity contribution in [1.29, 1.82) is 0 Å². The van der Waals surface area contributed by atoms with E-state index in [9.17, 15) is 18.3 Å². The first kappa shape index (κ1) is 18.7. The van der Waals surface area contributed by atoms with Gasteiger partial charge in [-0.3, -0.25) is 0 Å². The highest BCUT2D eigenvalue weighted by Crippen LogP contribution is 2.30. The van der Waals surface area contributed by atoms with Crippen molar-refractivity contribution in [3.63, 3.8) is 0 Å². The third-order valence-corrected chi connectivity index (χ3v) is 7.19. The van der Waals surface area contributed by atoms with E-state index in [1.165, 1.54) is 4.31 Å². The van der Waals surface area contributed by atoms with Crippen LogP contribution in [0.4, 0.5) is 0 Å². The van der Waals surface area contributed by atoms with Crippen LogP contribution in [0.25, 0.3) is 10.9 Å². The summed E-state index contributed by atoms with van der Waals surface area (Å²) in [5.74, 6) is -0.877. The van der Waals surface area contributed by atoms with Crippen LogP contribution in [0.3, 0.4) is 0 Å². The quantitative estimate of drug-likeness (QED) is 0.667. The van der Waals surface area contributed by atoms with Gasteiger partial charge in [0.2, 0.25) is 10.0 Å². The van der Waals surface area contributed by atoms with E-state index in [0.29, 0.717) is 19.4 Å². The lowest BCUT2D eigenvalue weighted by atomic mass is 10.0. The summed E-state index contributed by atoms with van der Waals surface area (Å²) in [6, 6.07) is 14.8. The van der Waals surface area contributed by atoms with Crippen LogP contribution in [0.5, 0.6) is 0 Å². The number of hydrogen-bond donors (Lipinski definition) is 2. The van der Waals surface area contributed by atoms with Gasteiger partial charge in [-0.25, -0.2) is 13.2 Å². The zero-order valence-corrected chi connectivity index (χ0v) is 16.2. The van der Waals surface area contributed by atoms with Gasteiger partial charge in [0.05, 0.1) is 11.3 Å². The molecule has 7 heteroatoms. The third-order valence-electron chi connectivity index (χ3n) is 5.29. The van der Waals surface area contributed by atoms with E-state index in [2.05, 4.69) is 4.98 Å². The molecule has 0 atom stereocenters. The van der Waals surface area contributed by atoms with E-state index < -0.39 is 16.0 Å². The zero-order chi connectivity index (χ0) is 19.7. The van der Waals surface area contributed by atoms with Crippen LogP contribution >= 0.6 is 0 Å². The van der Waals surface area contributed by atoms with Crippen LogP contribution < -0.4 is 0 Å². The first-order valence-corrected chi connectivity index (χ1v) is 10.9. The van der Waals surface area contributed by atoms with Crippen molar-refractivity contribution >= 4 is 26.9 Å². The first-order valence-electron chi connectivity index (χ1n) is 9.32. The number of nitrogens with one attached hydrogen (secondary N) is 1. The van der Waals surface area contributed by atoms with Crippen molar-refractivity contribution in [2.75, 3.05) is 12.3 Å². The number of benzene rings is 2. The van der Waals surface area contributed by atoms with Gasteiger partial charge < -0.3 is 10.1 Å². The largest absolute Gasteiger partial charge is 0.478 e. The number of carbonyl (C=O) groups is 1. The van der Waals surface area contributed by atoms with Gasteiger partial charge in [0, 0.05) is 36.1 Å². The Labute approximate surface area is 163 Å². The van der Waals surface area contributed by atoms with Crippen LogP contribution in [-0.4, -0.2) is 41.1 Å². The van der Waals surface area contributed by atoms with Gasteiger partial charge in [0.1, 0.15) is 0 Å². The normalized spacial score (nSPS) is 14.9. The summed E-state index contributed by atoms with van der Waals surface area (Å²) < 4.78 is 27.2. The molecule has 1 aliphatic heterocycles. The van der Waals surface area contributed by atoms with Crippen molar-refractivity contribution in [2.45, 2.75) is 25.8 Å². The number of sulfonamides is 1. The summed E-state index contributed by atoms with van der Waals surface area (Å²) in [6.07, 6.45) is 1.91. The number of aromatic amines is 1. The van der Waals surface area contributed by atoms with E-state index in [1.807, 2.05) is 30.3 Å². The van der Waals surface area contributed by atoms with Crippen LogP contribution in [0, 0.1) is 0 Å². The second kappa shape index (κ2) is 7.41. The molecule has 2 N–H and O–H groups in total. The third kappa shape index (κ3) is 3.68. The zero-order valence-electron chi connectivity index (χ0n) is 15.4. The van der Waals surface area contributed by atoms with Crippen molar-refractivity contribution in [3.8, 4) is 0 Å². The Balaban J connectivity index is 1.51. The van der Waals surface area contributed by atoms with Gasteiger partial charge in [0.25, 0.3) is 0 Å². The fourth-order valence-corrected chi connectivity index (χ4v) is 5.25. The molecule has 146 valence electrons. The Kier molecular flexibility index (Phi) is 4.95. The molecule has 0 unspecified atom stereocenters. The van der Waals surface area contributed by atoms with E-state index >= 15 is 0 Å². The van der Waals surface area contributed by atoms with E-state index in [0.717, 1.165) is 34.1 Å².